The predicted molar refractivity (Wildman–Crippen MR) is 108 cm³/mol. The average Bonchev–Trinajstić information content (AvgIpc) is 3.40. The molecule has 3 aromatic rings. The summed E-state index contributed by atoms with van der Waals surface area (Å²) >= 11 is 1.38. The summed E-state index contributed by atoms with van der Waals surface area (Å²) in [6.07, 6.45) is 3.89. The second-order valence-corrected chi connectivity index (χ2v) is 7.74. The van der Waals surface area contributed by atoms with Gasteiger partial charge in [-0.05, 0) is 38.3 Å². The maximum absolute atomic E-state index is 12.9. The lowest BCUT2D eigenvalue weighted by Gasteiger charge is -2.33. The lowest BCUT2D eigenvalue weighted by atomic mass is 10.0. The van der Waals surface area contributed by atoms with Gasteiger partial charge < -0.3 is 14.6 Å². The third-order valence-electron chi connectivity index (χ3n) is 4.88. The van der Waals surface area contributed by atoms with E-state index in [2.05, 4.69) is 10.3 Å². The topological polar surface area (TPSA) is 75.4 Å². The fourth-order valence-electron chi connectivity index (χ4n) is 3.37. The van der Waals surface area contributed by atoms with Crippen LogP contribution >= 0.6 is 11.3 Å². The molecule has 0 unspecified atom stereocenters. The number of carbonyl (C=O) groups excluding carboxylic acids is 2. The van der Waals surface area contributed by atoms with Crippen LogP contribution < -0.4 is 5.32 Å². The monoisotopic (exact) mass is 395 g/mol. The molecule has 0 spiro atoms. The van der Waals surface area contributed by atoms with Crippen LogP contribution in [0.5, 0.6) is 0 Å². The third-order valence-corrected chi connectivity index (χ3v) is 5.64. The molecular formula is C21H21N3O3S. The van der Waals surface area contributed by atoms with Crippen molar-refractivity contribution in [1.29, 1.82) is 0 Å². The van der Waals surface area contributed by atoms with Gasteiger partial charge in [-0.3, -0.25) is 9.59 Å². The highest BCUT2D eigenvalue weighted by atomic mass is 32.1. The summed E-state index contributed by atoms with van der Waals surface area (Å²) in [4.78, 5) is 31.7. The summed E-state index contributed by atoms with van der Waals surface area (Å²) in [6, 6.07) is 10.9. The van der Waals surface area contributed by atoms with E-state index >= 15 is 0 Å². The number of hydrogen-bond donors (Lipinski definition) is 1. The Kier molecular flexibility index (Phi) is 5.25. The third kappa shape index (κ3) is 3.84. The van der Waals surface area contributed by atoms with Crippen molar-refractivity contribution in [1.82, 2.24) is 9.88 Å². The van der Waals surface area contributed by atoms with Crippen molar-refractivity contribution >= 4 is 28.3 Å². The van der Waals surface area contributed by atoms with E-state index in [0.717, 1.165) is 24.1 Å². The first-order valence-corrected chi connectivity index (χ1v) is 10.2. The molecule has 1 saturated heterocycles. The van der Waals surface area contributed by atoms with Gasteiger partial charge in [-0.2, -0.15) is 0 Å². The van der Waals surface area contributed by atoms with Crippen LogP contribution in [0.4, 0.5) is 5.13 Å². The number of carbonyl (C=O) groups is 2. The van der Waals surface area contributed by atoms with Crippen LogP contribution in [0.25, 0.3) is 11.3 Å². The Morgan fingerprint density at radius 3 is 2.79 bits per heavy atom. The number of rotatable bonds is 4. The summed E-state index contributed by atoms with van der Waals surface area (Å²) < 4.78 is 5.22. The van der Waals surface area contributed by atoms with Gasteiger partial charge in [0.25, 0.3) is 5.91 Å². The summed E-state index contributed by atoms with van der Waals surface area (Å²) in [5.74, 6) is -0.190. The van der Waals surface area contributed by atoms with Crippen molar-refractivity contribution in [3.05, 3.63) is 59.4 Å². The molecule has 144 valence electrons. The normalized spacial score (nSPS) is 16.8. The number of aryl methyl sites for hydroxylation is 1. The summed E-state index contributed by atoms with van der Waals surface area (Å²) in [5.41, 5.74) is 3.02. The van der Waals surface area contributed by atoms with Crippen LogP contribution in [-0.4, -0.2) is 34.3 Å². The van der Waals surface area contributed by atoms with Crippen LogP contribution in [0, 0.1) is 6.92 Å². The number of likely N-dealkylation sites (tertiary alicyclic amines) is 1. The van der Waals surface area contributed by atoms with E-state index in [0.29, 0.717) is 18.1 Å². The van der Waals surface area contributed by atoms with E-state index in [1.807, 2.05) is 36.6 Å². The molecule has 28 heavy (non-hydrogen) atoms. The van der Waals surface area contributed by atoms with Gasteiger partial charge in [-0.15, -0.1) is 11.3 Å². The Balaban J connectivity index is 1.47. The lowest BCUT2D eigenvalue weighted by molar-refractivity contribution is -0.121. The molecule has 4 rings (SSSR count). The number of thiazole rings is 1. The molecule has 1 aliphatic heterocycles. The molecule has 0 aliphatic carbocycles. The van der Waals surface area contributed by atoms with Crippen molar-refractivity contribution in [3.63, 3.8) is 0 Å². The van der Waals surface area contributed by atoms with E-state index in [4.69, 9.17) is 4.42 Å². The number of benzene rings is 1. The van der Waals surface area contributed by atoms with Crippen molar-refractivity contribution < 1.29 is 14.0 Å². The largest absolute Gasteiger partial charge is 0.459 e. The Bertz CT molecular complexity index is 963. The molecule has 0 saturated carbocycles. The van der Waals surface area contributed by atoms with Gasteiger partial charge in [0.05, 0.1) is 12.0 Å². The number of hydrogen-bond acceptors (Lipinski definition) is 5. The zero-order valence-electron chi connectivity index (χ0n) is 15.6. The van der Waals surface area contributed by atoms with Crippen molar-refractivity contribution in [2.45, 2.75) is 32.2 Å². The van der Waals surface area contributed by atoms with Crippen LogP contribution in [0.15, 0.2) is 52.5 Å². The van der Waals surface area contributed by atoms with Gasteiger partial charge in [0.1, 0.15) is 6.04 Å². The van der Waals surface area contributed by atoms with Gasteiger partial charge in [0.15, 0.2) is 10.9 Å². The Labute approximate surface area is 167 Å². The first kappa shape index (κ1) is 18.4. The second kappa shape index (κ2) is 7.98. The number of nitrogens with one attached hydrogen (secondary N) is 1. The highest BCUT2D eigenvalue weighted by Crippen LogP contribution is 2.27. The molecule has 3 heterocycles. The Hall–Kier alpha value is -2.93. The van der Waals surface area contributed by atoms with E-state index < -0.39 is 6.04 Å². The van der Waals surface area contributed by atoms with Crippen molar-refractivity contribution in [2.75, 3.05) is 11.9 Å². The first-order chi connectivity index (χ1) is 13.6. The maximum Gasteiger partial charge on any atom is 0.290 e. The van der Waals surface area contributed by atoms with Gasteiger partial charge in [0.2, 0.25) is 5.91 Å². The van der Waals surface area contributed by atoms with E-state index in [1.165, 1.54) is 23.2 Å². The molecule has 6 nitrogen and oxygen atoms in total. The highest BCUT2D eigenvalue weighted by Gasteiger charge is 2.34. The number of aromatic nitrogens is 1. The number of nitrogens with zero attached hydrogens (tertiary/aromatic N) is 2. The number of amides is 2. The smallest absolute Gasteiger partial charge is 0.290 e. The van der Waals surface area contributed by atoms with E-state index in [9.17, 15) is 9.59 Å². The van der Waals surface area contributed by atoms with Gasteiger partial charge >= 0.3 is 0 Å². The Morgan fingerprint density at radius 2 is 2.04 bits per heavy atom. The summed E-state index contributed by atoms with van der Waals surface area (Å²) in [5, 5.41) is 5.35. The van der Waals surface area contributed by atoms with Gasteiger partial charge in [-0.25, -0.2) is 4.98 Å². The zero-order valence-corrected chi connectivity index (χ0v) is 16.4. The molecule has 1 N–H and O–H groups in total. The molecule has 1 fully saturated rings. The molecule has 1 atom stereocenters. The minimum Gasteiger partial charge on any atom is -0.459 e. The summed E-state index contributed by atoms with van der Waals surface area (Å²) in [6.45, 7) is 2.58. The highest BCUT2D eigenvalue weighted by molar-refractivity contribution is 7.14. The van der Waals surface area contributed by atoms with Crippen LogP contribution in [0.1, 0.15) is 35.4 Å². The van der Waals surface area contributed by atoms with Crippen LogP contribution in [-0.2, 0) is 4.79 Å². The second-order valence-electron chi connectivity index (χ2n) is 6.88. The molecule has 0 bridgehead atoms. The first-order valence-electron chi connectivity index (χ1n) is 9.30. The molecular weight excluding hydrogens is 374 g/mol. The predicted octanol–water partition coefficient (Wildman–Crippen LogP) is 4.34. The molecule has 1 aromatic carbocycles. The average molecular weight is 395 g/mol. The van der Waals surface area contributed by atoms with Crippen LogP contribution in [0.3, 0.4) is 0 Å². The lowest BCUT2D eigenvalue weighted by Crippen LogP contribution is -2.49. The Morgan fingerprint density at radius 1 is 1.21 bits per heavy atom. The SMILES string of the molecule is Cc1ccc(-c2csc(NC(=O)[C@@H]3CCCCN3C(=O)c3ccco3)n2)cc1. The van der Waals surface area contributed by atoms with Crippen LogP contribution in [0.2, 0.25) is 0 Å². The summed E-state index contributed by atoms with van der Waals surface area (Å²) in [7, 11) is 0. The molecule has 7 heteroatoms. The maximum atomic E-state index is 12.9. The van der Waals surface area contributed by atoms with E-state index in [1.54, 1.807) is 17.0 Å². The number of furan rings is 1. The fourth-order valence-corrected chi connectivity index (χ4v) is 4.09. The molecule has 0 radical (unpaired) electrons. The van der Waals surface area contributed by atoms with Gasteiger partial charge in [-0.1, -0.05) is 29.8 Å². The zero-order chi connectivity index (χ0) is 19.5. The van der Waals surface area contributed by atoms with Crippen molar-refractivity contribution in [2.24, 2.45) is 0 Å². The minimum absolute atomic E-state index is 0.204. The van der Waals surface area contributed by atoms with E-state index in [-0.39, 0.29) is 17.6 Å². The standard InChI is InChI=1S/C21H21N3O3S/c1-14-7-9-15(10-8-14)16-13-28-21(22-16)23-19(25)17-5-2-3-11-24(17)20(26)18-6-4-12-27-18/h4,6-10,12-13,17H,2-3,5,11H2,1H3,(H,22,23,25)/t17-/m0/s1. The number of piperidine rings is 1. The fraction of sp³-hybridized carbons (Fsp3) is 0.286. The quantitative estimate of drug-likeness (QED) is 0.713. The van der Waals surface area contributed by atoms with Crippen molar-refractivity contribution in [3.8, 4) is 11.3 Å². The van der Waals surface area contributed by atoms with Gasteiger partial charge in [0, 0.05) is 17.5 Å². The minimum atomic E-state index is -0.516. The molecule has 2 aromatic heterocycles. The molecule has 1 aliphatic rings. The number of anilines is 1. The molecule has 2 amide bonds.